The quantitative estimate of drug-likeness (QED) is 0.718. The van der Waals surface area contributed by atoms with Crippen molar-refractivity contribution in [3.05, 3.63) is 36.1 Å². The zero-order valence-corrected chi connectivity index (χ0v) is 15.6. The van der Waals surface area contributed by atoms with E-state index in [1.54, 1.807) is 17.5 Å². The van der Waals surface area contributed by atoms with Crippen LogP contribution >= 0.6 is 11.3 Å². The average molecular weight is 370 g/mol. The first-order valence-electron chi connectivity index (χ1n) is 8.74. The highest BCUT2D eigenvalue weighted by Crippen LogP contribution is 2.32. The molecule has 1 fully saturated rings. The number of morpholine rings is 1. The SMILES string of the molecule is Cn1ccnc1-c1nc(NCCN2CCOCC2)ncc1-c1cccs1. The van der Waals surface area contributed by atoms with Crippen molar-refractivity contribution in [3.8, 4) is 22.0 Å². The monoisotopic (exact) mass is 370 g/mol. The van der Waals surface area contributed by atoms with Crippen LogP contribution in [0.2, 0.25) is 0 Å². The molecule has 7 nitrogen and oxygen atoms in total. The summed E-state index contributed by atoms with van der Waals surface area (Å²) in [6, 6.07) is 4.12. The predicted molar refractivity (Wildman–Crippen MR) is 103 cm³/mol. The molecule has 3 aromatic rings. The Balaban J connectivity index is 1.54. The van der Waals surface area contributed by atoms with E-state index in [0.29, 0.717) is 5.95 Å². The van der Waals surface area contributed by atoms with Crippen molar-refractivity contribution in [2.45, 2.75) is 0 Å². The molecule has 0 unspecified atom stereocenters. The Morgan fingerprint density at radius 1 is 1.27 bits per heavy atom. The van der Waals surface area contributed by atoms with Gasteiger partial charge in [-0.2, -0.15) is 0 Å². The zero-order valence-electron chi connectivity index (χ0n) is 14.8. The molecule has 0 atom stereocenters. The summed E-state index contributed by atoms with van der Waals surface area (Å²) in [6.45, 7) is 5.36. The summed E-state index contributed by atoms with van der Waals surface area (Å²) in [5.41, 5.74) is 1.86. The molecule has 1 N–H and O–H groups in total. The number of thiophene rings is 1. The number of ether oxygens (including phenoxy) is 1. The third kappa shape index (κ3) is 3.77. The zero-order chi connectivity index (χ0) is 17.8. The van der Waals surface area contributed by atoms with Crippen molar-refractivity contribution in [3.63, 3.8) is 0 Å². The minimum Gasteiger partial charge on any atom is -0.379 e. The first-order valence-corrected chi connectivity index (χ1v) is 9.62. The smallest absolute Gasteiger partial charge is 0.223 e. The summed E-state index contributed by atoms with van der Waals surface area (Å²) in [5.74, 6) is 1.48. The highest BCUT2D eigenvalue weighted by Gasteiger charge is 2.16. The van der Waals surface area contributed by atoms with E-state index >= 15 is 0 Å². The number of imidazole rings is 1. The van der Waals surface area contributed by atoms with Crippen LogP contribution in [0.4, 0.5) is 5.95 Å². The second-order valence-electron chi connectivity index (χ2n) is 6.18. The Kier molecular flexibility index (Phi) is 5.24. The van der Waals surface area contributed by atoms with Gasteiger partial charge in [-0.3, -0.25) is 4.90 Å². The van der Waals surface area contributed by atoms with Crippen molar-refractivity contribution in [2.24, 2.45) is 7.05 Å². The van der Waals surface area contributed by atoms with Gasteiger partial charge in [0.1, 0.15) is 5.69 Å². The van der Waals surface area contributed by atoms with Crippen molar-refractivity contribution in [2.75, 3.05) is 44.7 Å². The lowest BCUT2D eigenvalue weighted by atomic mass is 10.2. The van der Waals surface area contributed by atoms with Crippen LogP contribution in [0.1, 0.15) is 0 Å². The fourth-order valence-corrected chi connectivity index (χ4v) is 3.73. The van der Waals surface area contributed by atoms with Gasteiger partial charge in [-0.05, 0) is 11.4 Å². The molecule has 136 valence electrons. The van der Waals surface area contributed by atoms with Gasteiger partial charge in [0.15, 0.2) is 5.82 Å². The van der Waals surface area contributed by atoms with Gasteiger partial charge in [-0.1, -0.05) is 6.07 Å². The lowest BCUT2D eigenvalue weighted by Gasteiger charge is -2.26. The van der Waals surface area contributed by atoms with Gasteiger partial charge in [0.25, 0.3) is 0 Å². The van der Waals surface area contributed by atoms with E-state index < -0.39 is 0 Å². The number of anilines is 1. The van der Waals surface area contributed by atoms with Crippen molar-refractivity contribution >= 4 is 17.3 Å². The number of aromatic nitrogens is 4. The van der Waals surface area contributed by atoms with Crippen molar-refractivity contribution in [1.82, 2.24) is 24.4 Å². The Labute approximate surface area is 156 Å². The van der Waals surface area contributed by atoms with Crippen LogP contribution in [-0.4, -0.2) is 63.8 Å². The van der Waals surface area contributed by atoms with Crippen LogP contribution in [0.25, 0.3) is 22.0 Å². The maximum atomic E-state index is 5.39. The van der Waals surface area contributed by atoms with Gasteiger partial charge < -0.3 is 14.6 Å². The van der Waals surface area contributed by atoms with Crippen LogP contribution < -0.4 is 5.32 Å². The summed E-state index contributed by atoms with van der Waals surface area (Å²) in [7, 11) is 1.98. The third-order valence-corrected chi connectivity index (χ3v) is 5.33. The van der Waals surface area contributed by atoms with Gasteiger partial charge in [0, 0.05) is 62.3 Å². The molecule has 0 radical (unpaired) electrons. The van der Waals surface area contributed by atoms with E-state index in [4.69, 9.17) is 9.72 Å². The van der Waals surface area contributed by atoms with Crippen molar-refractivity contribution < 1.29 is 4.74 Å². The highest BCUT2D eigenvalue weighted by atomic mass is 32.1. The lowest BCUT2D eigenvalue weighted by molar-refractivity contribution is 0.0398. The predicted octanol–water partition coefficient (Wildman–Crippen LogP) is 2.35. The van der Waals surface area contributed by atoms with Gasteiger partial charge in [0.2, 0.25) is 5.95 Å². The third-order valence-electron chi connectivity index (χ3n) is 4.42. The van der Waals surface area contributed by atoms with Crippen LogP contribution in [0.15, 0.2) is 36.1 Å². The number of nitrogens with one attached hydrogen (secondary N) is 1. The second-order valence-corrected chi connectivity index (χ2v) is 7.12. The van der Waals surface area contributed by atoms with E-state index in [0.717, 1.165) is 61.4 Å². The molecule has 0 bridgehead atoms. The number of hydrogen-bond acceptors (Lipinski definition) is 7. The summed E-state index contributed by atoms with van der Waals surface area (Å²) < 4.78 is 7.37. The first kappa shape index (κ1) is 17.1. The molecular formula is C18H22N6OS. The summed E-state index contributed by atoms with van der Waals surface area (Å²) in [4.78, 5) is 17.3. The molecule has 0 spiro atoms. The van der Waals surface area contributed by atoms with Crippen molar-refractivity contribution in [1.29, 1.82) is 0 Å². The van der Waals surface area contributed by atoms with Gasteiger partial charge in [0.05, 0.1) is 13.2 Å². The molecule has 1 aliphatic rings. The molecule has 0 saturated carbocycles. The Hall–Kier alpha value is -2.29. The Morgan fingerprint density at radius 2 is 2.15 bits per heavy atom. The molecule has 1 aliphatic heterocycles. The van der Waals surface area contributed by atoms with Gasteiger partial charge in [-0.15, -0.1) is 11.3 Å². The summed E-state index contributed by atoms with van der Waals surface area (Å²) in [6.07, 6.45) is 5.61. The fraction of sp³-hybridized carbons (Fsp3) is 0.389. The van der Waals surface area contributed by atoms with Crippen LogP contribution in [0.5, 0.6) is 0 Å². The topological polar surface area (TPSA) is 68.1 Å². The van der Waals surface area contributed by atoms with Crippen LogP contribution in [0, 0.1) is 0 Å². The van der Waals surface area contributed by atoms with E-state index in [2.05, 4.69) is 31.6 Å². The molecule has 3 aromatic heterocycles. The number of aryl methyl sites for hydroxylation is 1. The normalized spacial score (nSPS) is 15.3. The Bertz CT molecular complexity index is 841. The Morgan fingerprint density at radius 3 is 2.88 bits per heavy atom. The van der Waals surface area contributed by atoms with E-state index in [9.17, 15) is 0 Å². The minimum atomic E-state index is 0.636. The largest absolute Gasteiger partial charge is 0.379 e. The molecule has 0 amide bonds. The van der Waals surface area contributed by atoms with Gasteiger partial charge in [-0.25, -0.2) is 15.0 Å². The van der Waals surface area contributed by atoms with E-state index in [-0.39, 0.29) is 0 Å². The van der Waals surface area contributed by atoms with E-state index in [1.165, 1.54) is 0 Å². The number of nitrogens with zero attached hydrogens (tertiary/aromatic N) is 5. The first-order chi connectivity index (χ1) is 12.8. The molecule has 0 aliphatic carbocycles. The van der Waals surface area contributed by atoms with E-state index in [1.807, 2.05) is 30.1 Å². The maximum absolute atomic E-state index is 5.39. The fourth-order valence-electron chi connectivity index (χ4n) is 2.99. The highest BCUT2D eigenvalue weighted by molar-refractivity contribution is 7.13. The standard InChI is InChI=1S/C18H22N6OS/c1-23-6-4-19-17(23)16-14(15-3-2-12-26-15)13-21-18(22-16)20-5-7-24-8-10-25-11-9-24/h2-4,6,12-13H,5,7-11H2,1H3,(H,20,21,22). The molecule has 0 aromatic carbocycles. The lowest BCUT2D eigenvalue weighted by Crippen LogP contribution is -2.39. The summed E-state index contributed by atoms with van der Waals surface area (Å²) in [5, 5.41) is 5.41. The minimum absolute atomic E-state index is 0.636. The number of rotatable bonds is 6. The molecule has 8 heteroatoms. The summed E-state index contributed by atoms with van der Waals surface area (Å²) >= 11 is 1.68. The van der Waals surface area contributed by atoms with Crippen LogP contribution in [0.3, 0.4) is 0 Å². The second kappa shape index (κ2) is 7.94. The maximum Gasteiger partial charge on any atom is 0.223 e. The van der Waals surface area contributed by atoms with Crippen LogP contribution in [-0.2, 0) is 11.8 Å². The molecule has 26 heavy (non-hydrogen) atoms. The van der Waals surface area contributed by atoms with Gasteiger partial charge >= 0.3 is 0 Å². The average Bonchev–Trinajstić information content (AvgIpc) is 3.34. The molecule has 4 rings (SSSR count). The molecule has 1 saturated heterocycles. The molecule has 4 heterocycles. The molecular weight excluding hydrogens is 348 g/mol. The number of hydrogen-bond donors (Lipinski definition) is 1.